The Hall–Kier alpha value is -2.25. The fourth-order valence-corrected chi connectivity index (χ4v) is 4.40. The molecule has 0 saturated carbocycles. The zero-order valence-corrected chi connectivity index (χ0v) is 20.0. The molecule has 0 spiro atoms. The lowest BCUT2D eigenvalue weighted by Crippen LogP contribution is -3.13. The lowest BCUT2D eigenvalue weighted by atomic mass is 9.87. The van der Waals surface area contributed by atoms with Crippen molar-refractivity contribution in [1.82, 2.24) is 4.90 Å². The summed E-state index contributed by atoms with van der Waals surface area (Å²) in [5.74, 6) is 2.38. The Bertz CT molecular complexity index is 949. The number of hydrogen-bond donors (Lipinski definition) is 1. The van der Waals surface area contributed by atoms with Crippen LogP contribution in [0.4, 0.5) is 0 Å². The highest BCUT2D eigenvalue weighted by molar-refractivity contribution is 9.10. The number of ether oxygens (including phenoxy) is 3. The topological polar surface area (TPSA) is 52.4 Å². The highest BCUT2D eigenvalue weighted by Gasteiger charge is 2.25. The first-order chi connectivity index (χ1) is 14.8. The zero-order chi connectivity index (χ0) is 22.0. The number of nitrogens with one attached hydrogen (secondary N) is 1. The van der Waals surface area contributed by atoms with Crippen molar-refractivity contribution in [3.05, 3.63) is 52.0 Å². The molecule has 166 valence electrons. The molecule has 1 saturated heterocycles. The summed E-state index contributed by atoms with van der Waals surface area (Å²) in [7, 11) is 0. The Balaban J connectivity index is 1.25. The minimum Gasteiger partial charge on any atom is -0.483 e. The number of benzene rings is 2. The van der Waals surface area contributed by atoms with Crippen molar-refractivity contribution in [1.29, 1.82) is 0 Å². The highest BCUT2D eigenvalue weighted by Crippen LogP contribution is 2.33. The van der Waals surface area contributed by atoms with Gasteiger partial charge in [0.2, 0.25) is 6.79 Å². The molecular weight excluding hydrogens is 460 g/mol. The quantitative estimate of drug-likeness (QED) is 0.701. The monoisotopic (exact) mass is 489 g/mol. The van der Waals surface area contributed by atoms with Crippen LogP contribution in [0, 0.1) is 0 Å². The maximum atomic E-state index is 12.6. The SMILES string of the molecule is CC(C)(C)c1ccc(OCC(=O)N2CC[NH+](Cc3ccc4c(c3)OCO4)CC2)c(Br)c1. The Morgan fingerprint density at radius 3 is 2.55 bits per heavy atom. The van der Waals surface area contributed by atoms with E-state index >= 15 is 0 Å². The number of rotatable bonds is 5. The van der Waals surface area contributed by atoms with Crippen molar-refractivity contribution in [2.24, 2.45) is 0 Å². The summed E-state index contributed by atoms with van der Waals surface area (Å²) in [6.07, 6.45) is 0. The Morgan fingerprint density at radius 2 is 1.84 bits per heavy atom. The summed E-state index contributed by atoms with van der Waals surface area (Å²) < 4.78 is 17.5. The average Bonchev–Trinajstić information content (AvgIpc) is 3.20. The number of carbonyl (C=O) groups excluding carboxylic acids is 1. The van der Waals surface area contributed by atoms with Crippen LogP contribution in [-0.4, -0.2) is 50.4 Å². The van der Waals surface area contributed by atoms with Crippen LogP contribution in [0.15, 0.2) is 40.9 Å². The molecule has 7 heteroatoms. The average molecular weight is 490 g/mol. The van der Waals surface area contributed by atoms with Crippen molar-refractivity contribution in [2.75, 3.05) is 39.6 Å². The summed E-state index contributed by atoms with van der Waals surface area (Å²) in [6.45, 7) is 11.1. The largest absolute Gasteiger partial charge is 0.483 e. The van der Waals surface area contributed by atoms with Crippen LogP contribution in [0.3, 0.4) is 0 Å². The Labute approximate surface area is 192 Å². The molecule has 0 radical (unpaired) electrons. The summed E-state index contributed by atoms with van der Waals surface area (Å²) in [5, 5.41) is 0. The molecule has 1 fully saturated rings. The van der Waals surface area contributed by atoms with Crippen LogP contribution in [0.2, 0.25) is 0 Å². The van der Waals surface area contributed by atoms with Crippen LogP contribution in [0.5, 0.6) is 17.2 Å². The van der Waals surface area contributed by atoms with E-state index in [0.29, 0.717) is 12.5 Å². The first kappa shape index (κ1) is 22.0. The van der Waals surface area contributed by atoms with Gasteiger partial charge in [0.15, 0.2) is 18.1 Å². The van der Waals surface area contributed by atoms with E-state index in [1.807, 2.05) is 17.0 Å². The predicted octanol–water partition coefficient (Wildman–Crippen LogP) is 2.78. The molecule has 4 rings (SSSR count). The van der Waals surface area contributed by atoms with Crippen LogP contribution in [0.25, 0.3) is 0 Å². The molecule has 0 bridgehead atoms. The molecule has 6 nitrogen and oxygen atoms in total. The molecule has 1 N–H and O–H groups in total. The lowest BCUT2D eigenvalue weighted by molar-refractivity contribution is -0.917. The fourth-order valence-electron chi connectivity index (χ4n) is 3.90. The standard InChI is InChI=1S/C24H29BrN2O4/c1-24(2,3)18-5-7-20(19(25)13-18)29-15-23(28)27-10-8-26(9-11-27)14-17-4-6-21-22(12-17)31-16-30-21/h4-7,12-13H,8-11,14-16H2,1-3H3/p+1. The van der Waals surface area contributed by atoms with Crippen molar-refractivity contribution < 1.29 is 23.9 Å². The fraction of sp³-hybridized carbons (Fsp3) is 0.458. The summed E-state index contributed by atoms with van der Waals surface area (Å²) in [4.78, 5) is 16.0. The van der Waals surface area contributed by atoms with E-state index in [2.05, 4.69) is 61.0 Å². The lowest BCUT2D eigenvalue weighted by Gasteiger charge is -2.32. The predicted molar refractivity (Wildman–Crippen MR) is 122 cm³/mol. The van der Waals surface area contributed by atoms with Crippen molar-refractivity contribution in [2.45, 2.75) is 32.7 Å². The molecule has 2 aliphatic rings. The van der Waals surface area contributed by atoms with E-state index in [0.717, 1.165) is 48.7 Å². The van der Waals surface area contributed by atoms with Gasteiger partial charge < -0.3 is 24.0 Å². The highest BCUT2D eigenvalue weighted by atomic mass is 79.9. The molecule has 2 aromatic carbocycles. The third-order valence-corrected chi connectivity index (χ3v) is 6.48. The van der Waals surface area contributed by atoms with Gasteiger partial charge in [-0.05, 0) is 57.2 Å². The summed E-state index contributed by atoms with van der Waals surface area (Å²) in [5.41, 5.74) is 2.52. The van der Waals surface area contributed by atoms with Gasteiger partial charge in [-0.2, -0.15) is 0 Å². The van der Waals surface area contributed by atoms with Gasteiger partial charge >= 0.3 is 0 Å². The van der Waals surface area contributed by atoms with Crippen molar-refractivity contribution in [3.8, 4) is 17.2 Å². The molecule has 1 amide bonds. The maximum absolute atomic E-state index is 12.6. The number of hydrogen-bond acceptors (Lipinski definition) is 4. The first-order valence-corrected chi connectivity index (χ1v) is 11.5. The number of nitrogens with zero attached hydrogens (tertiary/aromatic N) is 1. The number of piperazine rings is 1. The van der Waals surface area contributed by atoms with Crippen LogP contribution < -0.4 is 19.1 Å². The summed E-state index contributed by atoms with van der Waals surface area (Å²) in [6, 6.07) is 12.2. The molecule has 2 aromatic rings. The van der Waals surface area contributed by atoms with Gasteiger partial charge in [-0.15, -0.1) is 0 Å². The number of fused-ring (bicyclic) bond motifs is 1. The molecular formula is C24H30BrN2O4+. The van der Waals surface area contributed by atoms with Gasteiger partial charge in [0.1, 0.15) is 12.3 Å². The number of amides is 1. The molecule has 0 atom stereocenters. The van der Waals surface area contributed by atoms with Gasteiger partial charge in [0, 0.05) is 5.56 Å². The van der Waals surface area contributed by atoms with E-state index in [1.54, 1.807) is 0 Å². The Morgan fingerprint density at radius 1 is 1.10 bits per heavy atom. The van der Waals surface area contributed by atoms with Gasteiger partial charge in [0.05, 0.1) is 30.7 Å². The van der Waals surface area contributed by atoms with Gasteiger partial charge in [-0.3, -0.25) is 4.79 Å². The third-order valence-electron chi connectivity index (χ3n) is 5.86. The molecule has 0 aromatic heterocycles. The van der Waals surface area contributed by atoms with E-state index in [4.69, 9.17) is 14.2 Å². The second-order valence-electron chi connectivity index (χ2n) is 9.18. The number of halogens is 1. The summed E-state index contributed by atoms with van der Waals surface area (Å²) >= 11 is 3.57. The van der Waals surface area contributed by atoms with Crippen LogP contribution >= 0.6 is 15.9 Å². The minimum atomic E-state index is 0.0360. The number of quaternary nitrogens is 1. The molecule has 2 aliphatic heterocycles. The van der Waals surface area contributed by atoms with E-state index < -0.39 is 0 Å². The smallest absolute Gasteiger partial charge is 0.260 e. The van der Waals surface area contributed by atoms with E-state index in [9.17, 15) is 4.79 Å². The minimum absolute atomic E-state index is 0.0360. The van der Waals surface area contributed by atoms with Gasteiger partial charge in [0.25, 0.3) is 5.91 Å². The molecule has 2 heterocycles. The first-order valence-electron chi connectivity index (χ1n) is 10.7. The van der Waals surface area contributed by atoms with Gasteiger partial charge in [-0.1, -0.05) is 26.8 Å². The molecule has 0 aliphatic carbocycles. The van der Waals surface area contributed by atoms with Crippen molar-refractivity contribution >= 4 is 21.8 Å². The second kappa shape index (κ2) is 9.09. The van der Waals surface area contributed by atoms with E-state index in [-0.39, 0.29) is 17.9 Å². The molecule has 0 unspecified atom stereocenters. The van der Waals surface area contributed by atoms with Crippen LogP contribution in [0.1, 0.15) is 31.9 Å². The molecule has 31 heavy (non-hydrogen) atoms. The maximum Gasteiger partial charge on any atom is 0.260 e. The third kappa shape index (κ3) is 5.33. The van der Waals surface area contributed by atoms with Crippen LogP contribution in [-0.2, 0) is 16.8 Å². The zero-order valence-electron chi connectivity index (χ0n) is 18.4. The van der Waals surface area contributed by atoms with Crippen molar-refractivity contribution in [3.63, 3.8) is 0 Å². The normalized spacial score (nSPS) is 16.5. The van der Waals surface area contributed by atoms with E-state index in [1.165, 1.54) is 16.0 Å². The van der Waals surface area contributed by atoms with Gasteiger partial charge in [-0.25, -0.2) is 0 Å². The second-order valence-corrected chi connectivity index (χ2v) is 10.0. The number of carbonyl (C=O) groups is 1. The Kier molecular flexibility index (Phi) is 6.44.